The van der Waals surface area contributed by atoms with Gasteiger partial charge in [-0.3, -0.25) is 4.40 Å². The molecule has 0 aliphatic rings. The average Bonchev–Trinajstić information content (AvgIpc) is 2.92. The van der Waals surface area contributed by atoms with E-state index in [0.717, 1.165) is 21.7 Å². The zero-order valence-electron chi connectivity index (χ0n) is 12.4. The highest BCUT2D eigenvalue weighted by Gasteiger charge is 2.13. The van der Waals surface area contributed by atoms with Crippen LogP contribution in [0.25, 0.3) is 4.96 Å². The maximum atomic E-state index is 4.63. The lowest BCUT2D eigenvalue weighted by Crippen LogP contribution is -2.19. The molecule has 0 aliphatic heterocycles. The predicted molar refractivity (Wildman–Crippen MR) is 91.9 cm³/mol. The van der Waals surface area contributed by atoms with E-state index in [1.165, 1.54) is 16.1 Å². The van der Waals surface area contributed by atoms with Crippen LogP contribution in [-0.4, -0.2) is 9.38 Å². The van der Waals surface area contributed by atoms with Crippen LogP contribution in [0.1, 0.15) is 34.8 Å². The SMILES string of the molecule is Cc1cn2c(CNC(C)c3ccccc3Br)c(C)nc2s1. The molecule has 0 saturated carbocycles. The molecule has 1 unspecified atom stereocenters. The van der Waals surface area contributed by atoms with E-state index in [1.807, 2.05) is 6.07 Å². The highest BCUT2D eigenvalue weighted by molar-refractivity contribution is 9.10. The molecule has 0 bridgehead atoms. The molecule has 2 aromatic heterocycles. The molecule has 0 aliphatic carbocycles. The maximum absolute atomic E-state index is 4.63. The first kappa shape index (κ1) is 14.8. The highest BCUT2D eigenvalue weighted by atomic mass is 79.9. The minimum absolute atomic E-state index is 0.283. The van der Waals surface area contributed by atoms with Crippen molar-refractivity contribution in [2.24, 2.45) is 0 Å². The minimum atomic E-state index is 0.283. The third kappa shape index (κ3) is 2.91. The lowest BCUT2D eigenvalue weighted by atomic mass is 10.1. The van der Waals surface area contributed by atoms with E-state index >= 15 is 0 Å². The second-order valence-corrected chi connectivity index (χ2v) is 7.33. The smallest absolute Gasteiger partial charge is 0.194 e. The third-order valence-corrected chi connectivity index (χ3v) is 5.31. The van der Waals surface area contributed by atoms with Crippen LogP contribution in [0.4, 0.5) is 0 Å². The number of imidazole rings is 1. The molecule has 1 aromatic carbocycles. The van der Waals surface area contributed by atoms with E-state index in [0.29, 0.717) is 0 Å². The van der Waals surface area contributed by atoms with Gasteiger partial charge >= 0.3 is 0 Å². The van der Waals surface area contributed by atoms with E-state index < -0.39 is 0 Å². The van der Waals surface area contributed by atoms with E-state index in [-0.39, 0.29) is 6.04 Å². The van der Waals surface area contributed by atoms with Crippen molar-refractivity contribution in [2.45, 2.75) is 33.4 Å². The lowest BCUT2D eigenvalue weighted by molar-refractivity contribution is 0.562. The topological polar surface area (TPSA) is 29.3 Å². The van der Waals surface area contributed by atoms with E-state index in [4.69, 9.17) is 0 Å². The summed E-state index contributed by atoms with van der Waals surface area (Å²) in [6.07, 6.45) is 2.17. The fraction of sp³-hybridized carbons (Fsp3) is 0.312. The first-order valence-electron chi connectivity index (χ1n) is 6.98. The van der Waals surface area contributed by atoms with Gasteiger partial charge in [-0.05, 0) is 32.4 Å². The van der Waals surface area contributed by atoms with Gasteiger partial charge in [0, 0.05) is 28.1 Å². The summed E-state index contributed by atoms with van der Waals surface area (Å²) in [6.45, 7) is 7.20. The van der Waals surface area contributed by atoms with Crippen molar-refractivity contribution in [3.8, 4) is 0 Å². The van der Waals surface area contributed by atoms with Gasteiger partial charge < -0.3 is 5.32 Å². The summed E-state index contributed by atoms with van der Waals surface area (Å²) in [4.78, 5) is 7.00. The predicted octanol–water partition coefficient (Wildman–Crippen LogP) is 4.63. The summed E-state index contributed by atoms with van der Waals surface area (Å²) >= 11 is 5.35. The van der Waals surface area contributed by atoms with Gasteiger partial charge in [0.1, 0.15) is 0 Å². The van der Waals surface area contributed by atoms with Gasteiger partial charge in [0.2, 0.25) is 0 Å². The van der Waals surface area contributed by atoms with E-state index in [2.05, 4.69) is 75.8 Å². The average molecular weight is 364 g/mol. The second-order valence-electron chi connectivity index (χ2n) is 5.26. The van der Waals surface area contributed by atoms with Crippen LogP contribution in [-0.2, 0) is 6.54 Å². The van der Waals surface area contributed by atoms with Crippen molar-refractivity contribution in [3.63, 3.8) is 0 Å². The number of hydrogen-bond acceptors (Lipinski definition) is 3. The van der Waals surface area contributed by atoms with Gasteiger partial charge in [-0.2, -0.15) is 0 Å². The fourth-order valence-electron chi connectivity index (χ4n) is 2.51. The Morgan fingerprint density at radius 2 is 2.10 bits per heavy atom. The van der Waals surface area contributed by atoms with Crippen LogP contribution in [0.3, 0.4) is 0 Å². The van der Waals surface area contributed by atoms with Gasteiger partial charge in [-0.25, -0.2) is 4.98 Å². The molecular formula is C16H18BrN3S. The number of aromatic nitrogens is 2. The van der Waals surface area contributed by atoms with Gasteiger partial charge in [-0.1, -0.05) is 34.1 Å². The van der Waals surface area contributed by atoms with Crippen LogP contribution in [0.2, 0.25) is 0 Å². The van der Waals surface area contributed by atoms with Crippen LogP contribution in [0, 0.1) is 13.8 Å². The Balaban J connectivity index is 1.80. The van der Waals surface area contributed by atoms with Crippen LogP contribution in [0.5, 0.6) is 0 Å². The number of nitrogens with one attached hydrogen (secondary N) is 1. The summed E-state index contributed by atoms with van der Waals surface area (Å²) in [7, 11) is 0. The van der Waals surface area contributed by atoms with Gasteiger partial charge in [0.05, 0.1) is 11.4 Å². The first-order valence-corrected chi connectivity index (χ1v) is 8.59. The molecule has 0 saturated heterocycles. The van der Waals surface area contributed by atoms with Crippen molar-refractivity contribution in [1.82, 2.24) is 14.7 Å². The summed E-state index contributed by atoms with van der Waals surface area (Å²) in [6, 6.07) is 8.63. The minimum Gasteiger partial charge on any atom is -0.305 e. The third-order valence-electron chi connectivity index (χ3n) is 3.69. The van der Waals surface area contributed by atoms with Crippen LogP contribution >= 0.6 is 27.3 Å². The lowest BCUT2D eigenvalue weighted by Gasteiger charge is -2.15. The molecule has 2 heterocycles. The number of hydrogen-bond donors (Lipinski definition) is 1. The molecule has 0 fully saturated rings. The zero-order chi connectivity index (χ0) is 15.0. The first-order chi connectivity index (χ1) is 10.1. The Morgan fingerprint density at radius 1 is 1.33 bits per heavy atom. The van der Waals surface area contributed by atoms with Crippen molar-refractivity contribution < 1.29 is 0 Å². The quantitative estimate of drug-likeness (QED) is 0.732. The zero-order valence-corrected chi connectivity index (χ0v) is 14.8. The Bertz CT molecular complexity index is 775. The number of aryl methyl sites for hydroxylation is 2. The van der Waals surface area contributed by atoms with Crippen molar-refractivity contribution in [1.29, 1.82) is 0 Å². The molecule has 3 rings (SSSR count). The molecule has 0 radical (unpaired) electrons. The monoisotopic (exact) mass is 363 g/mol. The molecule has 0 amide bonds. The Morgan fingerprint density at radius 3 is 2.86 bits per heavy atom. The molecule has 1 N–H and O–H groups in total. The van der Waals surface area contributed by atoms with Crippen LogP contribution < -0.4 is 5.32 Å². The molecule has 21 heavy (non-hydrogen) atoms. The van der Waals surface area contributed by atoms with E-state index in [9.17, 15) is 0 Å². The summed E-state index contributed by atoms with van der Waals surface area (Å²) in [5, 5.41) is 3.60. The van der Waals surface area contributed by atoms with Gasteiger partial charge in [0.15, 0.2) is 4.96 Å². The number of rotatable bonds is 4. The number of nitrogens with zero attached hydrogens (tertiary/aromatic N) is 2. The van der Waals surface area contributed by atoms with Crippen molar-refractivity contribution in [3.05, 3.63) is 56.8 Å². The van der Waals surface area contributed by atoms with Gasteiger partial charge in [-0.15, -0.1) is 11.3 Å². The number of fused-ring (bicyclic) bond motifs is 1. The second kappa shape index (κ2) is 5.91. The Labute approximate surface area is 137 Å². The number of halogens is 1. The molecular weight excluding hydrogens is 346 g/mol. The number of thiazole rings is 1. The fourth-order valence-corrected chi connectivity index (χ4v) is 4.03. The molecule has 110 valence electrons. The summed E-state index contributed by atoms with van der Waals surface area (Å²) in [5.41, 5.74) is 3.62. The van der Waals surface area contributed by atoms with Gasteiger partial charge in [0.25, 0.3) is 0 Å². The summed E-state index contributed by atoms with van der Waals surface area (Å²) < 4.78 is 3.35. The molecule has 3 aromatic rings. The maximum Gasteiger partial charge on any atom is 0.194 e. The number of benzene rings is 1. The highest BCUT2D eigenvalue weighted by Crippen LogP contribution is 2.24. The largest absolute Gasteiger partial charge is 0.305 e. The van der Waals surface area contributed by atoms with E-state index in [1.54, 1.807) is 11.3 Å². The normalized spacial score (nSPS) is 13.0. The summed E-state index contributed by atoms with van der Waals surface area (Å²) in [5.74, 6) is 0. The van der Waals surface area contributed by atoms with Crippen molar-refractivity contribution in [2.75, 3.05) is 0 Å². The Hall–Kier alpha value is -1.17. The Kier molecular flexibility index (Phi) is 4.15. The molecule has 5 heteroatoms. The molecule has 1 atom stereocenters. The van der Waals surface area contributed by atoms with Crippen LogP contribution in [0.15, 0.2) is 34.9 Å². The standard InChI is InChI=1S/C16H18BrN3S/c1-10-9-20-15(12(3)19-16(20)21-10)8-18-11(2)13-6-4-5-7-14(13)17/h4-7,9,11,18H,8H2,1-3H3. The van der Waals surface area contributed by atoms with Crippen molar-refractivity contribution >= 4 is 32.2 Å². The molecule has 3 nitrogen and oxygen atoms in total. The molecule has 0 spiro atoms.